The van der Waals surface area contributed by atoms with Crippen LogP contribution in [0.3, 0.4) is 0 Å². The molecule has 0 fully saturated rings. The van der Waals surface area contributed by atoms with Gasteiger partial charge in [-0.1, -0.05) is 5.92 Å². The van der Waals surface area contributed by atoms with Crippen molar-refractivity contribution < 1.29 is 4.74 Å². The molecule has 4 heteroatoms. The molecule has 0 spiro atoms. The molecule has 0 saturated heterocycles. The maximum atomic E-state index is 5.36. The quantitative estimate of drug-likeness (QED) is 0.760. The minimum absolute atomic E-state index is 0.433. The Hall–Kier alpha value is -1.76. The molecule has 1 N–H and O–H groups in total. The zero-order chi connectivity index (χ0) is 11.3. The summed E-state index contributed by atoms with van der Waals surface area (Å²) in [6.07, 6.45) is 6.81. The van der Waals surface area contributed by atoms with Gasteiger partial charge in [-0.05, 0) is 20.8 Å². The van der Waals surface area contributed by atoms with Crippen LogP contribution >= 0.6 is 0 Å². The zero-order valence-corrected chi connectivity index (χ0v) is 9.24. The topological polar surface area (TPSA) is 47.0 Å². The molecule has 0 aliphatic rings. The Morgan fingerprint density at radius 3 is 2.87 bits per heavy atom. The Morgan fingerprint density at radius 2 is 2.27 bits per heavy atom. The van der Waals surface area contributed by atoms with Gasteiger partial charge in [0.15, 0.2) is 0 Å². The van der Waals surface area contributed by atoms with E-state index in [0.717, 1.165) is 0 Å². The highest BCUT2D eigenvalue weighted by atomic mass is 16.5. The summed E-state index contributed by atoms with van der Waals surface area (Å²) < 4.78 is 5.25. The number of hydrogen-bond donors (Lipinski definition) is 1. The molecule has 80 valence electrons. The van der Waals surface area contributed by atoms with Crippen molar-refractivity contribution in [2.45, 2.75) is 26.3 Å². The van der Waals surface area contributed by atoms with Crippen LogP contribution in [0.25, 0.3) is 0 Å². The summed E-state index contributed by atoms with van der Waals surface area (Å²) in [5, 5.41) is 3.10. The number of terminal acetylenes is 1. The van der Waals surface area contributed by atoms with Crippen LogP contribution in [0.4, 0.5) is 5.82 Å². The largest absolute Gasteiger partial charge is 0.478 e. The van der Waals surface area contributed by atoms with E-state index in [9.17, 15) is 0 Å². The predicted octanol–water partition coefficient (Wildman–Crippen LogP) is 1.70. The first-order valence-electron chi connectivity index (χ1n) is 4.78. The molecule has 0 amide bonds. The Morgan fingerprint density at radius 1 is 1.53 bits per heavy atom. The van der Waals surface area contributed by atoms with Crippen molar-refractivity contribution in [3.63, 3.8) is 0 Å². The SMILES string of the molecule is C#CC(C)(C)Nc1cc(OCC)ncn1. The van der Waals surface area contributed by atoms with Crippen molar-refractivity contribution in [1.82, 2.24) is 9.97 Å². The molecule has 0 radical (unpaired) electrons. The van der Waals surface area contributed by atoms with Crippen LogP contribution in [-0.2, 0) is 0 Å². The van der Waals surface area contributed by atoms with Crippen molar-refractivity contribution in [3.05, 3.63) is 12.4 Å². The number of aromatic nitrogens is 2. The van der Waals surface area contributed by atoms with E-state index in [1.165, 1.54) is 6.33 Å². The average Bonchev–Trinajstić information content (AvgIpc) is 2.18. The Labute approximate surface area is 90.1 Å². The third-order valence-electron chi connectivity index (χ3n) is 1.74. The molecule has 0 atom stereocenters. The van der Waals surface area contributed by atoms with Crippen LogP contribution in [-0.4, -0.2) is 22.1 Å². The first-order valence-corrected chi connectivity index (χ1v) is 4.78. The van der Waals surface area contributed by atoms with Gasteiger partial charge >= 0.3 is 0 Å². The molecule has 4 nitrogen and oxygen atoms in total. The van der Waals surface area contributed by atoms with Gasteiger partial charge in [0.25, 0.3) is 0 Å². The second kappa shape index (κ2) is 4.65. The number of ether oxygens (including phenoxy) is 1. The second-order valence-electron chi connectivity index (χ2n) is 3.57. The lowest BCUT2D eigenvalue weighted by molar-refractivity contribution is 0.326. The number of hydrogen-bond acceptors (Lipinski definition) is 4. The van der Waals surface area contributed by atoms with Gasteiger partial charge in [0.2, 0.25) is 5.88 Å². The van der Waals surface area contributed by atoms with Crippen molar-refractivity contribution in [3.8, 4) is 18.2 Å². The second-order valence-corrected chi connectivity index (χ2v) is 3.57. The maximum absolute atomic E-state index is 5.36. The number of nitrogens with one attached hydrogen (secondary N) is 1. The van der Waals surface area contributed by atoms with Crippen LogP contribution in [0.5, 0.6) is 5.88 Å². The summed E-state index contributed by atoms with van der Waals surface area (Å²) >= 11 is 0. The molecule has 1 aromatic rings. The van der Waals surface area contributed by atoms with Crippen molar-refractivity contribution >= 4 is 5.82 Å². The predicted molar refractivity (Wildman–Crippen MR) is 59.7 cm³/mol. The normalized spacial score (nSPS) is 10.5. The van der Waals surface area contributed by atoms with E-state index in [4.69, 9.17) is 11.2 Å². The highest BCUT2D eigenvalue weighted by Gasteiger charge is 2.13. The van der Waals surface area contributed by atoms with E-state index >= 15 is 0 Å². The molecular weight excluding hydrogens is 190 g/mol. The zero-order valence-electron chi connectivity index (χ0n) is 9.24. The van der Waals surface area contributed by atoms with Crippen LogP contribution in [0.15, 0.2) is 12.4 Å². The summed E-state index contributed by atoms with van der Waals surface area (Å²) in [6, 6.07) is 1.72. The number of nitrogens with zero attached hydrogens (tertiary/aromatic N) is 2. The lowest BCUT2D eigenvalue weighted by atomic mass is 10.1. The molecule has 1 rings (SSSR count). The lowest BCUT2D eigenvalue weighted by Gasteiger charge is -2.20. The van der Waals surface area contributed by atoms with Crippen molar-refractivity contribution in [2.75, 3.05) is 11.9 Å². The van der Waals surface area contributed by atoms with Gasteiger partial charge in [0, 0.05) is 6.07 Å². The smallest absolute Gasteiger partial charge is 0.218 e. The van der Waals surface area contributed by atoms with Crippen LogP contribution in [0.2, 0.25) is 0 Å². The summed E-state index contributed by atoms with van der Waals surface area (Å²) in [5.74, 6) is 3.84. The number of rotatable bonds is 4. The van der Waals surface area contributed by atoms with Crippen LogP contribution in [0.1, 0.15) is 20.8 Å². The molecule has 1 heterocycles. The third-order valence-corrected chi connectivity index (χ3v) is 1.74. The van der Waals surface area contributed by atoms with Crippen molar-refractivity contribution in [2.24, 2.45) is 0 Å². The minimum Gasteiger partial charge on any atom is -0.478 e. The highest BCUT2D eigenvalue weighted by molar-refractivity contribution is 5.42. The van der Waals surface area contributed by atoms with Crippen molar-refractivity contribution in [1.29, 1.82) is 0 Å². The average molecular weight is 205 g/mol. The molecule has 0 aliphatic carbocycles. The summed E-state index contributed by atoms with van der Waals surface area (Å²) in [5.41, 5.74) is -0.433. The summed E-state index contributed by atoms with van der Waals surface area (Å²) in [4.78, 5) is 8.02. The minimum atomic E-state index is -0.433. The van der Waals surface area contributed by atoms with E-state index < -0.39 is 5.54 Å². The Bertz CT molecular complexity index is 368. The first-order chi connectivity index (χ1) is 7.07. The lowest BCUT2D eigenvalue weighted by Crippen LogP contribution is -2.28. The molecule has 0 aliphatic heterocycles. The molecular formula is C11H15N3O. The van der Waals surface area contributed by atoms with Gasteiger partial charge in [-0.15, -0.1) is 6.42 Å². The van der Waals surface area contributed by atoms with Gasteiger partial charge < -0.3 is 10.1 Å². The third kappa shape index (κ3) is 3.47. The van der Waals surface area contributed by atoms with Gasteiger partial charge in [0.05, 0.1) is 12.1 Å². The van der Waals surface area contributed by atoms with E-state index in [2.05, 4.69) is 21.2 Å². The van der Waals surface area contributed by atoms with E-state index in [1.807, 2.05) is 20.8 Å². The van der Waals surface area contributed by atoms with Gasteiger partial charge in [-0.3, -0.25) is 0 Å². The fourth-order valence-corrected chi connectivity index (χ4v) is 0.991. The fraction of sp³-hybridized carbons (Fsp3) is 0.455. The monoisotopic (exact) mass is 205 g/mol. The van der Waals surface area contributed by atoms with Gasteiger partial charge in [0.1, 0.15) is 12.1 Å². The highest BCUT2D eigenvalue weighted by Crippen LogP contribution is 2.15. The molecule has 15 heavy (non-hydrogen) atoms. The van der Waals surface area contributed by atoms with Crippen LogP contribution in [0, 0.1) is 12.3 Å². The van der Waals surface area contributed by atoms with E-state index in [1.54, 1.807) is 6.07 Å². The number of anilines is 1. The fourth-order valence-electron chi connectivity index (χ4n) is 0.991. The van der Waals surface area contributed by atoms with Gasteiger partial charge in [-0.2, -0.15) is 0 Å². The first kappa shape index (κ1) is 11.3. The molecule has 0 unspecified atom stereocenters. The molecule has 0 aromatic carbocycles. The van der Waals surface area contributed by atoms with Gasteiger partial charge in [-0.25, -0.2) is 9.97 Å². The summed E-state index contributed by atoms with van der Waals surface area (Å²) in [6.45, 7) is 6.28. The van der Waals surface area contributed by atoms with E-state index in [0.29, 0.717) is 18.3 Å². The molecule has 0 saturated carbocycles. The molecule has 1 aromatic heterocycles. The van der Waals surface area contributed by atoms with E-state index in [-0.39, 0.29) is 0 Å². The van der Waals surface area contributed by atoms with Crippen LogP contribution < -0.4 is 10.1 Å². The Kier molecular flexibility index (Phi) is 3.51. The molecule has 0 bridgehead atoms. The standard InChI is InChI=1S/C11H15N3O/c1-5-11(3,4)14-9-7-10(15-6-2)13-8-12-9/h1,7-8H,6H2,2-4H3,(H,12,13,14). The maximum Gasteiger partial charge on any atom is 0.218 e. The summed E-state index contributed by atoms with van der Waals surface area (Å²) in [7, 11) is 0. The Balaban J connectivity index is 2.79.